The number of piperidine rings is 1. The van der Waals surface area contributed by atoms with Gasteiger partial charge in [0.1, 0.15) is 5.60 Å². The minimum atomic E-state index is -0.733. The molecular formula is C9H12ClNOS. The smallest absolute Gasteiger partial charge is 0.113 e. The molecule has 13 heavy (non-hydrogen) atoms. The van der Waals surface area contributed by atoms with Crippen LogP contribution in [0.4, 0.5) is 0 Å². The van der Waals surface area contributed by atoms with Gasteiger partial charge in [0.15, 0.2) is 0 Å². The van der Waals surface area contributed by atoms with Gasteiger partial charge in [-0.15, -0.1) is 11.3 Å². The second kappa shape index (κ2) is 3.58. The molecule has 0 aromatic carbocycles. The Bertz CT molecular complexity index is 294. The third-order valence-electron chi connectivity index (χ3n) is 2.40. The van der Waals surface area contributed by atoms with Crippen LogP contribution >= 0.6 is 22.9 Å². The summed E-state index contributed by atoms with van der Waals surface area (Å²) in [4.78, 5) is 0.904. The fourth-order valence-corrected chi connectivity index (χ4v) is 3.07. The van der Waals surface area contributed by atoms with Gasteiger partial charge in [0.25, 0.3) is 0 Å². The predicted molar refractivity (Wildman–Crippen MR) is 55.3 cm³/mol. The van der Waals surface area contributed by atoms with Gasteiger partial charge in [0.05, 0.1) is 9.90 Å². The summed E-state index contributed by atoms with van der Waals surface area (Å²) >= 11 is 7.52. The standard InChI is InChI=1S/C9H12ClNOS/c10-7-2-5-13-8(7)9(12)3-1-4-11-6-9/h2,5,11-12H,1,3-4,6H2. The van der Waals surface area contributed by atoms with E-state index in [1.165, 1.54) is 11.3 Å². The molecule has 0 spiro atoms. The summed E-state index contributed by atoms with van der Waals surface area (Å²) in [5.41, 5.74) is -0.733. The van der Waals surface area contributed by atoms with Crippen molar-refractivity contribution in [3.8, 4) is 0 Å². The van der Waals surface area contributed by atoms with Gasteiger partial charge in [0, 0.05) is 6.54 Å². The van der Waals surface area contributed by atoms with E-state index in [1.54, 1.807) is 0 Å². The number of β-amino-alcohol motifs (C(OH)–C–C–N with tert-alkyl or cyclic N) is 1. The van der Waals surface area contributed by atoms with Gasteiger partial charge in [-0.2, -0.15) is 0 Å². The van der Waals surface area contributed by atoms with E-state index in [9.17, 15) is 5.11 Å². The lowest BCUT2D eigenvalue weighted by molar-refractivity contribution is 0.0159. The number of hydrogen-bond acceptors (Lipinski definition) is 3. The second-order valence-corrected chi connectivity index (χ2v) is 4.73. The van der Waals surface area contributed by atoms with Gasteiger partial charge in [-0.1, -0.05) is 11.6 Å². The summed E-state index contributed by atoms with van der Waals surface area (Å²) in [5.74, 6) is 0. The van der Waals surface area contributed by atoms with Crippen LogP contribution in [-0.4, -0.2) is 18.2 Å². The van der Waals surface area contributed by atoms with Crippen molar-refractivity contribution in [1.29, 1.82) is 0 Å². The van der Waals surface area contributed by atoms with Crippen molar-refractivity contribution in [2.45, 2.75) is 18.4 Å². The second-order valence-electron chi connectivity index (χ2n) is 3.41. The number of aliphatic hydroxyl groups is 1. The number of thiophene rings is 1. The molecule has 2 rings (SSSR count). The van der Waals surface area contributed by atoms with E-state index in [2.05, 4.69) is 5.32 Å². The first kappa shape index (κ1) is 9.46. The normalized spacial score (nSPS) is 29.1. The van der Waals surface area contributed by atoms with Crippen LogP contribution in [0.3, 0.4) is 0 Å². The molecule has 72 valence electrons. The van der Waals surface area contributed by atoms with Crippen molar-refractivity contribution < 1.29 is 5.11 Å². The van der Waals surface area contributed by atoms with Crippen molar-refractivity contribution in [2.75, 3.05) is 13.1 Å². The minimum Gasteiger partial charge on any atom is -0.383 e. The van der Waals surface area contributed by atoms with Crippen molar-refractivity contribution in [1.82, 2.24) is 5.32 Å². The van der Waals surface area contributed by atoms with Crippen LogP contribution in [0.2, 0.25) is 5.02 Å². The molecule has 0 saturated carbocycles. The predicted octanol–water partition coefficient (Wildman–Crippen LogP) is 1.97. The molecule has 0 radical (unpaired) electrons. The summed E-state index contributed by atoms with van der Waals surface area (Å²) in [6.45, 7) is 1.61. The lowest BCUT2D eigenvalue weighted by Crippen LogP contribution is -2.42. The maximum Gasteiger partial charge on any atom is 0.113 e. The zero-order chi connectivity index (χ0) is 9.31. The summed E-state index contributed by atoms with van der Waals surface area (Å²) in [6.07, 6.45) is 1.81. The van der Waals surface area contributed by atoms with E-state index in [0.717, 1.165) is 24.3 Å². The van der Waals surface area contributed by atoms with Crippen LogP contribution in [-0.2, 0) is 5.60 Å². The summed E-state index contributed by atoms with van der Waals surface area (Å²) < 4.78 is 0. The van der Waals surface area contributed by atoms with Crippen LogP contribution < -0.4 is 5.32 Å². The van der Waals surface area contributed by atoms with Gasteiger partial charge in [-0.3, -0.25) is 0 Å². The molecule has 1 aromatic rings. The van der Waals surface area contributed by atoms with E-state index in [1.807, 2.05) is 11.4 Å². The lowest BCUT2D eigenvalue weighted by Gasteiger charge is -2.32. The molecular weight excluding hydrogens is 206 g/mol. The Morgan fingerprint density at radius 3 is 3.00 bits per heavy atom. The zero-order valence-electron chi connectivity index (χ0n) is 7.22. The highest BCUT2D eigenvalue weighted by atomic mass is 35.5. The molecule has 0 aliphatic carbocycles. The van der Waals surface area contributed by atoms with E-state index < -0.39 is 5.60 Å². The maximum atomic E-state index is 10.3. The Kier molecular flexibility index (Phi) is 2.60. The lowest BCUT2D eigenvalue weighted by atomic mass is 9.93. The van der Waals surface area contributed by atoms with E-state index in [0.29, 0.717) is 11.6 Å². The van der Waals surface area contributed by atoms with Crippen molar-refractivity contribution in [2.24, 2.45) is 0 Å². The van der Waals surface area contributed by atoms with E-state index >= 15 is 0 Å². The van der Waals surface area contributed by atoms with Crippen LogP contribution in [0.15, 0.2) is 11.4 Å². The topological polar surface area (TPSA) is 32.3 Å². The third-order valence-corrected chi connectivity index (χ3v) is 3.94. The quantitative estimate of drug-likeness (QED) is 0.754. The molecule has 2 nitrogen and oxygen atoms in total. The molecule has 1 aliphatic rings. The first-order chi connectivity index (χ1) is 6.22. The van der Waals surface area contributed by atoms with Crippen LogP contribution in [0.5, 0.6) is 0 Å². The molecule has 1 unspecified atom stereocenters. The Balaban J connectivity index is 2.27. The van der Waals surface area contributed by atoms with Crippen LogP contribution in [0.1, 0.15) is 17.7 Å². The van der Waals surface area contributed by atoms with Crippen molar-refractivity contribution >= 4 is 22.9 Å². The van der Waals surface area contributed by atoms with Gasteiger partial charge >= 0.3 is 0 Å². The van der Waals surface area contributed by atoms with Gasteiger partial charge in [0.2, 0.25) is 0 Å². The molecule has 1 saturated heterocycles. The highest BCUT2D eigenvalue weighted by Crippen LogP contribution is 2.36. The summed E-state index contributed by atoms with van der Waals surface area (Å²) in [6, 6.07) is 1.84. The van der Waals surface area contributed by atoms with E-state index in [-0.39, 0.29) is 0 Å². The Hall–Kier alpha value is -0.0900. The summed E-state index contributed by atoms with van der Waals surface area (Å²) in [5, 5.41) is 16.1. The number of rotatable bonds is 1. The molecule has 2 heterocycles. The van der Waals surface area contributed by atoms with Crippen LogP contribution in [0, 0.1) is 0 Å². The maximum absolute atomic E-state index is 10.3. The first-order valence-electron chi connectivity index (χ1n) is 4.39. The van der Waals surface area contributed by atoms with Crippen LogP contribution in [0.25, 0.3) is 0 Å². The Labute approximate surface area is 86.5 Å². The number of nitrogens with one attached hydrogen (secondary N) is 1. The van der Waals surface area contributed by atoms with Gasteiger partial charge < -0.3 is 10.4 Å². The molecule has 1 aliphatic heterocycles. The fraction of sp³-hybridized carbons (Fsp3) is 0.556. The number of halogens is 1. The molecule has 0 bridgehead atoms. The molecule has 1 fully saturated rings. The van der Waals surface area contributed by atoms with Gasteiger partial charge in [-0.25, -0.2) is 0 Å². The average Bonchev–Trinajstić information content (AvgIpc) is 2.53. The largest absolute Gasteiger partial charge is 0.383 e. The Morgan fingerprint density at radius 1 is 1.62 bits per heavy atom. The molecule has 0 amide bonds. The summed E-state index contributed by atoms with van der Waals surface area (Å²) in [7, 11) is 0. The third kappa shape index (κ3) is 1.74. The molecule has 4 heteroatoms. The Morgan fingerprint density at radius 2 is 2.46 bits per heavy atom. The molecule has 2 N–H and O–H groups in total. The highest BCUT2D eigenvalue weighted by Gasteiger charge is 2.33. The SMILES string of the molecule is OC1(c2sccc2Cl)CCCNC1. The van der Waals surface area contributed by atoms with Gasteiger partial charge in [-0.05, 0) is 30.8 Å². The average molecular weight is 218 g/mol. The van der Waals surface area contributed by atoms with Crippen molar-refractivity contribution in [3.63, 3.8) is 0 Å². The monoisotopic (exact) mass is 217 g/mol. The number of hydrogen-bond donors (Lipinski definition) is 2. The van der Waals surface area contributed by atoms with E-state index in [4.69, 9.17) is 11.6 Å². The van der Waals surface area contributed by atoms with Crippen molar-refractivity contribution in [3.05, 3.63) is 21.3 Å². The molecule has 1 atom stereocenters. The molecule has 1 aromatic heterocycles. The zero-order valence-corrected chi connectivity index (χ0v) is 8.79. The highest BCUT2D eigenvalue weighted by molar-refractivity contribution is 7.10. The first-order valence-corrected chi connectivity index (χ1v) is 5.65. The fourth-order valence-electron chi connectivity index (χ4n) is 1.71. The minimum absolute atomic E-state index is 0.618.